The molecule has 0 radical (unpaired) electrons. The van der Waals surface area contributed by atoms with Gasteiger partial charge in [-0.2, -0.15) is 0 Å². The van der Waals surface area contributed by atoms with Gasteiger partial charge in [0.25, 0.3) is 0 Å². The minimum atomic E-state index is -3.53. The molecule has 0 saturated carbocycles. The highest BCUT2D eigenvalue weighted by Gasteiger charge is 2.26. The number of carbonyl (C=O) groups is 2. The second kappa shape index (κ2) is 7.99. The smallest absolute Gasteiger partial charge is 0.226 e. The predicted molar refractivity (Wildman–Crippen MR) is 97.4 cm³/mol. The molecule has 0 bridgehead atoms. The third-order valence-electron chi connectivity index (χ3n) is 4.53. The molecular formula is C18H26N2O4S. The van der Waals surface area contributed by atoms with Gasteiger partial charge >= 0.3 is 0 Å². The molecule has 1 aliphatic heterocycles. The molecule has 1 heterocycles. The van der Waals surface area contributed by atoms with Crippen LogP contribution in [0, 0.1) is 0 Å². The first-order chi connectivity index (χ1) is 11.8. The van der Waals surface area contributed by atoms with E-state index in [0.717, 1.165) is 17.7 Å². The van der Waals surface area contributed by atoms with Crippen molar-refractivity contribution in [2.24, 2.45) is 0 Å². The van der Waals surface area contributed by atoms with Crippen LogP contribution in [0.3, 0.4) is 0 Å². The van der Waals surface area contributed by atoms with Gasteiger partial charge in [-0.25, -0.2) is 8.42 Å². The molecule has 0 spiro atoms. The summed E-state index contributed by atoms with van der Waals surface area (Å²) in [5.41, 5.74) is 1.66. The number of carbonyl (C=O) groups excluding carboxylic acids is 2. The van der Waals surface area contributed by atoms with Crippen molar-refractivity contribution < 1.29 is 18.0 Å². The Labute approximate surface area is 149 Å². The average Bonchev–Trinajstić information content (AvgIpc) is 3.02. The summed E-state index contributed by atoms with van der Waals surface area (Å²) >= 11 is 0. The van der Waals surface area contributed by atoms with Crippen LogP contribution in [0.15, 0.2) is 23.1 Å². The predicted octanol–water partition coefficient (Wildman–Crippen LogP) is 2.06. The van der Waals surface area contributed by atoms with Gasteiger partial charge in [0.2, 0.25) is 11.8 Å². The number of nitrogens with zero attached hydrogens (tertiary/aromatic N) is 1. The molecule has 138 valence electrons. The molecule has 2 amide bonds. The monoisotopic (exact) mass is 366 g/mol. The first-order valence-corrected chi connectivity index (χ1v) is 10.4. The molecule has 0 aliphatic carbocycles. The van der Waals surface area contributed by atoms with E-state index in [2.05, 4.69) is 5.32 Å². The molecule has 1 aromatic carbocycles. The van der Waals surface area contributed by atoms with Crippen LogP contribution in [-0.2, 0) is 25.8 Å². The Morgan fingerprint density at radius 2 is 2.00 bits per heavy atom. The lowest BCUT2D eigenvalue weighted by Gasteiger charge is -2.16. The zero-order valence-corrected chi connectivity index (χ0v) is 15.9. The lowest BCUT2D eigenvalue weighted by Crippen LogP contribution is -2.33. The number of hydrogen-bond acceptors (Lipinski definition) is 4. The van der Waals surface area contributed by atoms with Crippen LogP contribution in [0.1, 0.15) is 45.6 Å². The topological polar surface area (TPSA) is 83.6 Å². The molecule has 25 heavy (non-hydrogen) atoms. The zero-order valence-electron chi connectivity index (χ0n) is 15.0. The van der Waals surface area contributed by atoms with Crippen molar-refractivity contribution >= 4 is 27.3 Å². The summed E-state index contributed by atoms with van der Waals surface area (Å²) in [4.78, 5) is 25.6. The number of sulfone groups is 1. The van der Waals surface area contributed by atoms with Gasteiger partial charge in [0.05, 0.1) is 10.6 Å². The minimum Gasteiger partial charge on any atom is -0.354 e. The lowest BCUT2D eigenvalue weighted by atomic mass is 10.2. The van der Waals surface area contributed by atoms with E-state index < -0.39 is 9.84 Å². The molecule has 0 aromatic heterocycles. The fourth-order valence-electron chi connectivity index (χ4n) is 2.82. The van der Waals surface area contributed by atoms with Gasteiger partial charge in [0.1, 0.15) is 0 Å². The van der Waals surface area contributed by atoms with Gasteiger partial charge in [-0.15, -0.1) is 0 Å². The number of benzene rings is 1. The fourth-order valence-corrected chi connectivity index (χ4v) is 4.10. The number of hydrogen-bond donors (Lipinski definition) is 1. The maximum absolute atomic E-state index is 12.5. The molecular weight excluding hydrogens is 340 g/mol. The van der Waals surface area contributed by atoms with Crippen LogP contribution >= 0.6 is 0 Å². The second-order valence-electron chi connectivity index (χ2n) is 6.39. The number of nitrogens with one attached hydrogen (secondary N) is 1. The summed E-state index contributed by atoms with van der Waals surface area (Å²) in [7, 11) is -3.53. The van der Waals surface area contributed by atoms with Gasteiger partial charge in [-0.05, 0) is 43.5 Å². The molecule has 6 nitrogen and oxygen atoms in total. The lowest BCUT2D eigenvalue weighted by molar-refractivity contribution is -0.121. The van der Waals surface area contributed by atoms with E-state index in [-0.39, 0.29) is 34.9 Å². The Morgan fingerprint density at radius 1 is 1.28 bits per heavy atom. The maximum Gasteiger partial charge on any atom is 0.226 e. The highest BCUT2D eigenvalue weighted by molar-refractivity contribution is 7.91. The highest BCUT2D eigenvalue weighted by atomic mass is 32.2. The van der Waals surface area contributed by atoms with Crippen LogP contribution in [0.2, 0.25) is 0 Å². The Morgan fingerprint density at radius 3 is 2.64 bits per heavy atom. The molecule has 0 fully saturated rings. The third-order valence-corrected chi connectivity index (χ3v) is 6.24. The van der Waals surface area contributed by atoms with Crippen molar-refractivity contribution in [2.45, 2.75) is 57.4 Å². The summed E-state index contributed by atoms with van der Waals surface area (Å²) in [5, 5.41) is 2.77. The molecule has 1 aliphatic rings. The highest BCUT2D eigenvalue weighted by Crippen LogP contribution is 2.31. The first-order valence-electron chi connectivity index (χ1n) is 8.74. The Kier molecular flexibility index (Phi) is 6.21. The third kappa shape index (κ3) is 4.60. The first kappa shape index (κ1) is 19.4. The van der Waals surface area contributed by atoms with Crippen LogP contribution in [-0.4, -0.2) is 38.6 Å². The number of amides is 2. The Hall–Kier alpha value is -1.89. The van der Waals surface area contributed by atoms with Crippen molar-refractivity contribution in [1.29, 1.82) is 0 Å². The quantitative estimate of drug-likeness (QED) is 0.801. The molecule has 1 aromatic rings. The number of rotatable bonds is 7. The van der Waals surface area contributed by atoms with Gasteiger partial charge in [-0.3, -0.25) is 9.59 Å². The second-order valence-corrected chi connectivity index (χ2v) is 8.49. The molecule has 0 unspecified atom stereocenters. The Balaban J connectivity index is 2.08. The van der Waals surface area contributed by atoms with Gasteiger partial charge in [0.15, 0.2) is 9.84 Å². The largest absolute Gasteiger partial charge is 0.354 e. The summed E-state index contributed by atoms with van der Waals surface area (Å²) in [6, 6.07) is 4.90. The van der Waals surface area contributed by atoms with Gasteiger partial charge in [-0.1, -0.05) is 13.8 Å². The van der Waals surface area contributed by atoms with Crippen LogP contribution in [0.5, 0.6) is 0 Å². The van der Waals surface area contributed by atoms with Gasteiger partial charge in [0, 0.05) is 31.1 Å². The van der Waals surface area contributed by atoms with E-state index in [4.69, 9.17) is 0 Å². The van der Waals surface area contributed by atoms with E-state index >= 15 is 0 Å². The van der Waals surface area contributed by atoms with Crippen LogP contribution in [0.4, 0.5) is 5.69 Å². The fraction of sp³-hybridized carbons (Fsp3) is 0.556. The number of fused-ring (bicyclic) bond motifs is 1. The van der Waals surface area contributed by atoms with E-state index in [0.29, 0.717) is 19.4 Å². The normalized spacial score (nSPS) is 14.9. The van der Waals surface area contributed by atoms with Crippen molar-refractivity contribution in [3.05, 3.63) is 23.8 Å². The molecule has 7 heteroatoms. The van der Waals surface area contributed by atoms with Crippen LogP contribution in [0.25, 0.3) is 0 Å². The molecule has 2 rings (SSSR count). The minimum absolute atomic E-state index is 0.0380. The zero-order chi connectivity index (χ0) is 18.6. The van der Waals surface area contributed by atoms with Crippen molar-refractivity contribution in [1.82, 2.24) is 5.32 Å². The van der Waals surface area contributed by atoms with Crippen molar-refractivity contribution in [2.75, 3.05) is 17.2 Å². The summed E-state index contributed by atoms with van der Waals surface area (Å²) < 4.78 is 25.0. The van der Waals surface area contributed by atoms with E-state index in [1.165, 1.54) is 6.07 Å². The van der Waals surface area contributed by atoms with E-state index in [9.17, 15) is 18.0 Å². The SMILES string of the molecule is CCC(=O)N1CCc2cc(S(=O)(=O)CCC(=O)N[C@@H](C)CC)ccc21. The molecule has 1 atom stereocenters. The molecule has 1 N–H and O–H groups in total. The van der Waals surface area contributed by atoms with Crippen molar-refractivity contribution in [3.8, 4) is 0 Å². The summed E-state index contributed by atoms with van der Waals surface area (Å²) in [5.74, 6) is -0.430. The van der Waals surface area contributed by atoms with E-state index in [1.54, 1.807) is 17.0 Å². The number of anilines is 1. The summed E-state index contributed by atoms with van der Waals surface area (Å²) in [6.45, 7) is 6.24. The standard InChI is InChI=1S/C18H26N2O4S/c1-4-13(3)19-17(21)9-11-25(23,24)15-6-7-16-14(12-15)8-10-20(16)18(22)5-2/h6-7,12-13H,4-5,8-11H2,1-3H3,(H,19,21)/t13-/m0/s1. The Bertz CT molecular complexity index is 758. The van der Waals surface area contributed by atoms with Crippen LogP contribution < -0.4 is 10.2 Å². The van der Waals surface area contributed by atoms with E-state index in [1.807, 2.05) is 20.8 Å². The maximum atomic E-state index is 12.5. The van der Waals surface area contributed by atoms with Crippen molar-refractivity contribution in [3.63, 3.8) is 0 Å². The summed E-state index contributed by atoms with van der Waals surface area (Å²) in [6.07, 6.45) is 1.82. The molecule has 0 saturated heterocycles. The average molecular weight is 366 g/mol. The van der Waals surface area contributed by atoms with Gasteiger partial charge < -0.3 is 10.2 Å².